The van der Waals surface area contributed by atoms with Gasteiger partial charge in [-0.1, -0.05) is 42.5 Å². The van der Waals surface area contributed by atoms with E-state index < -0.39 is 9.84 Å². The quantitative estimate of drug-likeness (QED) is 0.618. The van der Waals surface area contributed by atoms with E-state index in [0.717, 1.165) is 35.4 Å². The number of benzene rings is 2. The Morgan fingerprint density at radius 2 is 1.83 bits per heavy atom. The van der Waals surface area contributed by atoms with Crippen LogP contribution in [-0.4, -0.2) is 38.3 Å². The Bertz CT molecular complexity index is 1060. The smallest absolute Gasteiger partial charge is 0.178 e. The third kappa shape index (κ3) is 5.02. The highest BCUT2D eigenvalue weighted by molar-refractivity contribution is 7.91. The summed E-state index contributed by atoms with van der Waals surface area (Å²) < 4.78 is 30.9. The zero-order valence-electron chi connectivity index (χ0n) is 16.1. The van der Waals surface area contributed by atoms with Crippen LogP contribution in [0.15, 0.2) is 78.0 Å². The molecular weight excluding hydrogens is 384 g/mol. The Morgan fingerprint density at radius 1 is 1.00 bits per heavy atom. The van der Waals surface area contributed by atoms with Crippen molar-refractivity contribution in [3.8, 4) is 16.9 Å². The summed E-state index contributed by atoms with van der Waals surface area (Å²) in [6.45, 7) is 1.70. The molecule has 1 aliphatic heterocycles. The van der Waals surface area contributed by atoms with E-state index in [-0.39, 0.29) is 5.75 Å². The third-order valence-corrected chi connectivity index (χ3v) is 6.84. The van der Waals surface area contributed by atoms with E-state index in [1.54, 1.807) is 36.7 Å². The molecule has 1 aliphatic rings. The maximum atomic E-state index is 12.5. The van der Waals surface area contributed by atoms with E-state index in [9.17, 15) is 8.42 Å². The van der Waals surface area contributed by atoms with Crippen LogP contribution in [0.3, 0.4) is 0 Å². The molecule has 1 aromatic heterocycles. The SMILES string of the molecule is O=S(=O)(CCc1cccc(-c2cncc(OC[C@@H]3CCN3)c2)c1)c1ccccc1. The fraction of sp³-hybridized carbons (Fsp3) is 0.261. The molecule has 0 unspecified atom stereocenters. The second kappa shape index (κ2) is 8.76. The van der Waals surface area contributed by atoms with Crippen LogP contribution in [-0.2, 0) is 16.3 Å². The maximum absolute atomic E-state index is 12.5. The minimum Gasteiger partial charge on any atom is -0.490 e. The topological polar surface area (TPSA) is 68.3 Å². The lowest BCUT2D eigenvalue weighted by Crippen LogP contribution is -2.46. The van der Waals surface area contributed by atoms with E-state index in [4.69, 9.17) is 4.74 Å². The number of pyridine rings is 1. The summed E-state index contributed by atoms with van der Waals surface area (Å²) in [5.74, 6) is 0.823. The van der Waals surface area contributed by atoms with Crippen LogP contribution in [0.5, 0.6) is 5.75 Å². The Balaban J connectivity index is 1.44. The first-order chi connectivity index (χ1) is 14.1. The number of ether oxygens (including phenoxy) is 1. The molecule has 5 nitrogen and oxygen atoms in total. The van der Waals surface area contributed by atoms with Crippen molar-refractivity contribution in [1.29, 1.82) is 0 Å². The minimum atomic E-state index is -3.29. The third-order valence-electron chi connectivity index (χ3n) is 5.11. The van der Waals surface area contributed by atoms with Gasteiger partial charge in [-0.2, -0.15) is 0 Å². The van der Waals surface area contributed by atoms with Gasteiger partial charge in [0.1, 0.15) is 12.4 Å². The second-order valence-corrected chi connectivity index (χ2v) is 9.35. The van der Waals surface area contributed by atoms with Gasteiger partial charge in [0.2, 0.25) is 0 Å². The number of nitrogens with zero attached hydrogens (tertiary/aromatic N) is 1. The Hall–Kier alpha value is -2.70. The molecule has 1 N–H and O–H groups in total. The van der Waals surface area contributed by atoms with Crippen molar-refractivity contribution >= 4 is 9.84 Å². The van der Waals surface area contributed by atoms with E-state index in [0.29, 0.717) is 24.0 Å². The van der Waals surface area contributed by atoms with Crippen molar-refractivity contribution in [1.82, 2.24) is 10.3 Å². The molecule has 150 valence electrons. The average molecular weight is 409 g/mol. The summed E-state index contributed by atoms with van der Waals surface area (Å²) in [6.07, 6.45) is 5.12. The molecule has 1 atom stereocenters. The average Bonchev–Trinajstić information content (AvgIpc) is 2.72. The van der Waals surface area contributed by atoms with Crippen LogP contribution in [0.25, 0.3) is 11.1 Å². The molecule has 29 heavy (non-hydrogen) atoms. The lowest BCUT2D eigenvalue weighted by molar-refractivity contribution is 0.217. The summed E-state index contributed by atoms with van der Waals surface area (Å²) in [6, 6.07) is 18.9. The lowest BCUT2D eigenvalue weighted by atomic mass is 10.0. The van der Waals surface area contributed by atoms with Crippen molar-refractivity contribution < 1.29 is 13.2 Å². The molecule has 0 spiro atoms. The molecule has 6 heteroatoms. The summed E-state index contributed by atoms with van der Waals surface area (Å²) in [4.78, 5) is 4.66. The van der Waals surface area contributed by atoms with E-state index in [2.05, 4.69) is 10.3 Å². The van der Waals surface area contributed by atoms with Gasteiger partial charge in [-0.15, -0.1) is 0 Å². The number of nitrogens with one attached hydrogen (secondary N) is 1. The van der Waals surface area contributed by atoms with Crippen LogP contribution in [0.4, 0.5) is 0 Å². The maximum Gasteiger partial charge on any atom is 0.178 e. The normalized spacial score (nSPS) is 16.2. The van der Waals surface area contributed by atoms with Crippen LogP contribution in [0, 0.1) is 0 Å². The van der Waals surface area contributed by atoms with Crippen molar-refractivity contribution in [3.63, 3.8) is 0 Å². The van der Waals surface area contributed by atoms with Gasteiger partial charge >= 0.3 is 0 Å². The predicted molar refractivity (Wildman–Crippen MR) is 114 cm³/mol. The predicted octanol–water partition coefficient (Wildman–Crippen LogP) is 3.51. The highest BCUT2D eigenvalue weighted by atomic mass is 32.2. The van der Waals surface area contributed by atoms with Gasteiger partial charge in [-0.05, 0) is 48.7 Å². The molecule has 1 fully saturated rings. The number of sulfone groups is 1. The molecule has 1 saturated heterocycles. The van der Waals surface area contributed by atoms with Crippen LogP contribution >= 0.6 is 0 Å². The molecule has 0 saturated carbocycles. The standard InChI is InChI=1S/C23H24N2O3S/c26-29(27,23-7-2-1-3-8-23)12-10-18-5-4-6-19(13-18)20-14-22(16-24-15-20)28-17-21-9-11-25-21/h1-8,13-16,21,25H,9-12,17H2/t21-/m0/s1. The van der Waals surface area contributed by atoms with Crippen LogP contribution in [0.1, 0.15) is 12.0 Å². The molecule has 0 amide bonds. The Labute approximate surface area is 171 Å². The highest BCUT2D eigenvalue weighted by Gasteiger charge is 2.17. The van der Waals surface area contributed by atoms with Crippen LogP contribution < -0.4 is 10.1 Å². The zero-order valence-corrected chi connectivity index (χ0v) is 16.9. The first-order valence-electron chi connectivity index (χ1n) is 9.78. The molecule has 2 heterocycles. The summed E-state index contributed by atoms with van der Waals surface area (Å²) in [7, 11) is -3.29. The Morgan fingerprint density at radius 3 is 2.59 bits per heavy atom. The van der Waals surface area contributed by atoms with Gasteiger partial charge in [0, 0.05) is 17.8 Å². The number of hydrogen-bond acceptors (Lipinski definition) is 5. The molecule has 0 radical (unpaired) electrons. The monoisotopic (exact) mass is 408 g/mol. The minimum absolute atomic E-state index is 0.0796. The molecule has 4 rings (SSSR count). The second-order valence-electron chi connectivity index (χ2n) is 7.24. The van der Waals surface area contributed by atoms with Crippen LogP contribution in [0.2, 0.25) is 0 Å². The van der Waals surface area contributed by atoms with Gasteiger partial charge in [0.05, 0.1) is 16.8 Å². The van der Waals surface area contributed by atoms with E-state index in [1.807, 2.05) is 36.4 Å². The lowest BCUT2D eigenvalue weighted by Gasteiger charge is -2.27. The molecular formula is C23H24N2O3S. The fourth-order valence-electron chi connectivity index (χ4n) is 3.25. The van der Waals surface area contributed by atoms with Gasteiger partial charge in [-0.25, -0.2) is 8.42 Å². The Kier molecular flexibility index (Phi) is 5.92. The van der Waals surface area contributed by atoms with Gasteiger partial charge < -0.3 is 10.1 Å². The first-order valence-corrected chi connectivity index (χ1v) is 11.4. The number of hydrogen-bond donors (Lipinski definition) is 1. The summed E-state index contributed by atoms with van der Waals surface area (Å²) in [5.41, 5.74) is 2.93. The van der Waals surface area contributed by atoms with Gasteiger partial charge in [-0.3, -0.25) is 4.98 Å². The molecule has 0 aliphatic carbocycles. The largest absolute Gasteiger partial charge is 0.490 e. The number of aromatic nitrogens is 1. The molecule has 0 bridgehead atoms. The first kappa shape index (κ1) is 19.6. The van der Waals surface area contributed by atoms with Crippen molar-refractivity contribution in [2.24, 2.45) is 0 Å². The van der Waals surface area contributed by atoms with Crippen molar-refractivity contribution in [2.45, 2.75) is 23.8 Å². The highest BCUT2D eigenvalue weighted by Crippen LogP contribution is 2.24. The number of aryl methyl sites for hydroxylation is 1. The molecule has 2 aromatic carbocycles. The molecule has 3 aromatic rings. The number of rotatable bonds is 8. The van der Waals surface area contributed by atoms with Crippen molar-refractivity contribution in [3.05, 3.63) is 78.6 Å². The van der Waals surface area contributed by atoms with Crippen molar-refractivity contribution in [2.75, 3.05) is 18.9 Å². The van der Waals surface area contributed by atoms with E-state index in [1.165, 1.54) is 0 Å². The zero-order chi connectivity index (χ0) is 20.1. The van der Waals surface area contributed by atoms with Gasteiger partial charge in [0.15, 0.2) is 9.84 Å². The van der Waals surface area contributed by atoms with Gasteiger partial charge in [0.25, 0.3) is 0 Å². The van der Waals surface area contributed by atoms with E-state index >= 15 is 0 Å². The summed E-state index contributed by atoms with van der Waals surface area (Å²) in [5, 5.41) is 3.31. The fourth-order valence-corrected chi connectivity index (χ4v) is 4.56. The summed E-state index contributed by atoms with van der Waals surface area (Å²) >= 11 is 0.